The van der Waals surface area contributed by atoms with Crippen LogP contribution in [-0.2, 0) is 26.2 Å². The molecule has 200 valence electrons. The van der Waals surface area contributed by atoms with Gasteiger partial charge < -0.3 is 0 Å². The third-order valence-electron chi connectivity index (χ3n) is 7.52. The molecule has 8 rings (SSSR count). The normalized spacial score (nSPS) is 10.5. The van der Waals surface area contributed by atoms with Gasteiger partial charge in [-0.1, -0.05) is 121 Å². The van der Waals surface area contributed by atoms with Crippen molar-refractivity contribution in [3.63, 3.8) is 0 Å². The maximum atomic E-state index is 2.21. The molecule has 0 heterocycles. The first-order valence-corrected chi connectivity index (χ1v) is 16.1. The van der Waals surface area contributed by atoms with E-state index < -0.39 is 0 Å². The first-order chi connectivity index (χ1) is 20.3. The molecule has 0 aliphatic heterocycles. The quantitative estimate of drug-likeness (QED) is 0.132. The average molecular weight is 632 g/mol. The molecule has 0 aliphatic rings. The summed E-state index contributed by atoms with van der Waals surface area (Å²) in [5, 5.41) is 10.5. The molecule has 2 heteroatoms. The number of hydrogen-bond acceptors (Lipinski definition) is 0. The van der Waals surface area contributed by atoms with E-state index in [2.05, 4.69) is 171 Å². The van der Waals surface area contributed by atoms with Crippen LogP contribution in [0, 0.1) is 0 Å². The number of fused-ring (bicyclic) bond motifs is 4. The third-order valence-corrected chi connectivity index (χ3v) is 7.52. The van der Waals surface area contributed by atoms with Crippen molar-refractivity contribution < 1.29 is 26.2 Å². The van der Waals surface area contributed by atoms with Crippen molar-refractivity contribution in [3.05, 3.63) is 158 Å². The van der Waals surface area contributed by atoms with E-state index in [0.717, 1.165) is 9.52 Å². The molecule has 0 bridgehead atoms. The monoisotopic (exact) mass is 630 g/mol. The molecule has 0 atom stereocenters. The van der Waals surface area contributed by atoms with Gasteiger partial charge in [0.15, 0.2) is 0 Å². The van der Waals surface area contributed by atoms with Gasteiger partial charge in [-0.25, -0.2) is 0 Å². The van der Waals surface area contributed by atoms with Gasteiger partial charge in [0.05, 0.1) is 0 Å². The molecule has 0 aromatic heterocycles. The number of rotatable bonds is 2. The van der Waals surface area contributed by atoms with Crippen molar-refractivity contribution in [1.29, 1.82) is 0 Å². The summed E-state index contributed by atoms with van der Waals surface area (Å²) < 4.78 is 0. The minimum absolute atomic E-state index is 0. The fourth-order valence-corrected chi connectivity index (χ4v) is 5.72. The Morgan fingerprint density at radius 2 is 0.714 bits per heavy atom. The van der Waals surface area contributed by atoms with Crippen LogP contribution in [0.1, 0.15) is 0 Å². The fraction of sp³-hybridized carbons (Fsp3) is 0.0500. The predicted octanol–water partition coefficient (Wildman–Crippen LogP) is 11.5. The summed E-state index contributed by atoms with van der Waals surface area (Å²) in [6, 6.07) is 56.2. The molecule has 0 unspecified atom stereocenters. The van der Waals surface area contributed by atoms with Crippen molar-refractivity contribution in [2.45, 2.75) is 13.1 Å². The molecule has 0 fully saturated rings. The van der Waals surface area contributed by atoms with Gasteiger partial charge >= 0.3 is 26.2 Å². The van der Waals surface area contributed by atoms with E-state index in [1.165, 1.54) is 65.3 Å². The molecule has 42 heavy (non-hydrogen) atoms. The fourth-order valence-electron chi connectivity index (χ4n) is 5.72. The van der Waals surface area contributed by atoms with E-state index in [0.29, 0.717) is 0 Å². The SMILES string of the molecule is C[Si]C.[Zr+2].c1ccc2c(-c3cccc4[cH-]ccc34)cccc2c1.c1ccc2c(-c3cccc4[cH-]ccc34)cccc2c1. The van der Waals surface area contributed by atoms with E-state index in [9.17, 15) is 0 Å². The zero-order valence-corrected chi connectivity index (χ0v) is 27.5. The maximum Gasteiger partial charge on any atom is 2.00 e. The van der Waals surface area contributed by atoms with Crippen molar-refractivity contribution in [2.75, 3.05) is 0 Å². The molecule has 8 aromatic carbocycles. The predicted molar refractivity (Wildman–Crippen MR) is 182 cm³/mol. The smallest absolute Gasteiger partial charge is 0.168 e. The summed E-state index contributed by atoms with van der Waals surface area (Å²) in [6.07, 6.45) is 0. The van der Waals surface area contributed by atoms with Gasteiger partial charge in [0, 0.05) is 9.52 Å². The van der Waals surface area contributed by atoms with E-state index in [4.69, 9.17) is 0 Å². The summed E-state index contributed by atoms with van der Waals surface area (Å²) in [5.74, 6) is 0. The summed E-state index contributed by atoms with van der Waals surface area (Å²) >= 11 is 0. The standard InChI is InChI=1S/2C19H13.C2H6Si.Zr/c2*1-2-10-16-14(6-1)8-4-12-18(16)19-13-5-9-15-7-3-11-17(15)19;1-3-2;/h2*1-13H;1-2H3;/q2*-1;;+2. The van der Waals surface area contributed by atoms with Crippen molar-refractivity contribution in [1.82, 2.24) is 0 Å². The molecule has 0 saturated carbocycles. The second-order valence-electron chi connectivity index (χ2n) is 10.2. The Hall–Kier alpha value is -3.84. The Bertz CT molecular complexity index is 1900. The zero-order valence-electron chi connectivity index (χ0n) is 24.0. The van der Waals surface area contributed by atoms with E-state index in [1.807, 2.05) is 0 Å². The van der Waals surface area contributed by atoms with Gasteiger partial charge in [0.1, 0.15) is 0 Å². The van der Waals surface area contributed by atoms with Crippen LogP contribution < -0.4 is 0 Å². The third kappa shape index (κ3) is 6.02. The molecule has 8 aromatic rings. The van der Waals surface area contributed by atoms with Gasteiger partial charge in [0.2, 0.25) is 0 Å². The summed E-state index contributed by atoms with van der Waals surface area (Å²) in [5.41, 5.74) is 5.27. The minimum atomic E-state index is 0. The van der Waals surface area contributed by atoms with Crippen LogP contribution in [0.2, 0.25) is 13.1 Å². The van der Waals surface area contributed by atoms with Gasteiger partial charge in [-0.3, -0.25) is 0 Å². The Kier molecular flexibility index (Phi) is 9.80. The first-order valence-electron chi connectivity index (χ1n) is 14.1. The summed E-state index contributed by atoms with van der Waals surface area (Å²) in [4.78, 5) is 0. The molecule has 0 N–H and O–H groups in total. The van der Waals surface area contributed by atoms with Crippen LogP contribution in [0.25, 0.3) is 65.3 Å². The van der Waals surface area contributed by atoms with Gasteiger partial charge in [-0.2, -0.15) is 24.3 Å². The average Bonchev–Trinajstić information content (AvgIpc) is 3.71. The summed E-state index contributed by atoms with van der Waals surface area (Å²) in [7, 11) is 1.08. The van der Waals surface area contributed by atoms with Crippen molar-refractivity contribution in [2.24, 2.45) is 0 Å². The number of benzene rings is 6. The van der Waals surface area contributed by atoms with Crippen LogP contribution in [0.3, 0.4) is 0 Å². The van der Waals surface area contributed by atoms with Crippen LogP contribution in [-0.4, -0.2) is 9.52 Å². The van der Waals surface area contributed by atoms with Crippen LogP contribution in [0.15, 0.2) is 158 Å². The van der Waals surface area contributed by atoms with E-state index in [-0.39, 0.29) is 26.2 Å². The molecular formula is C40H32SiZr. The van der Waals surface area contributed by atoms with E-state index >= 15 is 0 Å². The minimum Gasteiger partial charge on any atom is -0.168 e. The molecule has 0 amide bonds. The van der Waals surface area contributed by atoms with Crippen molar-refractivity contribution in [3.8, 4) is 22.3 Å². The Morgan fingerprint density at radius 3 is 1.14 bits per heavy atom. The van der Waals surface area contributed by atoms with E-state index in [1.54, 1.807) is 0 Å². The van der Waals surface area contributed by atoms with Crippen LogP contribution in [0.4, 0.5) is 0 Å². The topological polar surface area (TPSA) is 0 Å². The van der Waals surface area contributed by atoms with Crippen LogP contribution >= 0.6 is 0 Å². The molecular weight excluding hydrogens is 600 g/mol. The van der Waals surface area contributed by atoms with Crippen LogP contribution in [0.5, 0.6) is 0 Å². The molecule has 2 radical (unpaired) electrons. The second kappa shape index (κ2) is 13.9. The maximum absolute atomic E-state index is 2.21. The van der Waals surface area contributed by atoms with Gasteiger partial charge in [-0.05, 0) is 32.7 Å². The van der Waals surface area contributed by atoms with Crippen molar-refractivity contribution >= 4 is 52.6 Å². The molecule has 0 saturated heterocycles. The molecule has 0 aliphatic carbocycles. The molecule has 0 spiro atoms. The Morgan fingerprint density at radius 1 is 0.381 bits per heavy atom. The zero-order chi connectivity index (χ0) is 28.0. The Labute approximate surface area is 270 Å². The van der Waals surface area contributed by atoms with Gasteiger partial charge in [-0.15, -0.1) is 57.9 Å². The second-order valence-corrected chi connectivity index (χ2v) is 11.2. The first kappa shape index (κ1) is 29.6. The summed E-state index contributed by atoms with van der Waals surface area (Å²) in [6.45, 7) is 4.31. The largest absolute Gasteiger partial charge is 2.00 e. The van der Waals surface area contributed by atoms with Gasteiger partial charge in [0.25, 0.3) is 0 Å². The molecule has 0 nitrogen and oxygen atoms in total. The number of hydrogen-bond donors (Lipinski definition) is 0. The Balaban J connectivity index is 0.000000151.